The van der Waals surface area contributed by atoms with E-state index in [0.717, 1.165) is 18.5 Å². The Morgan fingerprint density at radius 2 is 2.06 bits per heavy atom. The van der Waals surface area contributed by atoms with E-state index in [0.29, 0.717) is 5.75 Å². The molecule has 0 bridgehead atoms. The maximum absolute atomic E-state index is 9.80. The summed E-state index contributed by atoms with van der Waals surface area (Å²) in [7, 11) is 0. The molecule has 1 unspecified atom stereocenters. The average molecular weight is 261 g/mol. The summed E-state index contributed by atoms with van der Waals surface area (Å²) in [4.78, 5) is 1.39. The quantitative estimate of drug-likeness (QED) is 0.856. The summed E-state index contributed by atoms with van der Waals surface area (Å²) in [6, 6.07) is 9.83. The number of rotatable bonds is 5. The fourth-order valence-corrected chi connectivity index (χ4v) is 2.97. The summed E-state index contributed by atoms with van der Waals surface area (Å²) in [5.74, 6) is 0.361. The second-order valence-corrected chi connectivity index (χ2v) is 5.38. The van der Waals surface area contributed by atoms with Crippen LogP contribution in [-0.4, -0.2) is 5.11 Å². The van der Waals surface area contributed by atoms with Crippen LogP contribution in [0.25, 0.3) is 0 Å². The van der Waals surface area contributed by atoms with Crippen molar-refractivity contribution in [1.29, 1.82) is 0 Å². The van der Waals surface area contributed by atoms with Gasteiger partial charge in [-0.1, -0.05) is 25.1 Å². The lowest BCUT2D eigenvalue weighted by Gasteiger charge is -2.15. The molecule has 1 heterocycles. The standard InChI is InChI=1S/C15H19NOS/c1-3-12-8-9-18-15(12)10-16-11(2)13-6-4-5-7-14(13)17/h4-9,11,16-17H,3,10H2,1-2H3. The summed E-state index contributed by atoms with van der Waals surface area (Å²) in [5, 5.41) is 15.4. The smallest absolute Gasteiger partial charge is 0.120 e. The number of phenols is 1. The minimum absolute atomic E-state index is 0.151. The average Bonchev–Trinajstić information content (AvgIpc) is 2.84. The molecule has 2 aromatic rings. The van der Waals surface area contributed by atoms with E-state index in [1.54, 1.807) is 17.4 Å². The lowest BCUT2D eigenvalue weighted by molar-refractivity contribution is 0.452. The van der Waals surface area contributed by atoms with E-state index in [-0.39, 0.29) is 6.04 Å². The number of para-hydroxylation sites is 1. The molecule has 1 aromatic carbocycles. The van der Waals surface area contributed by atoms with Gasteiger partial charge in [0.15, 0.2) is 0 Å². The largest absolute Gasteiger partial charge is 0.508 e. The van der Waals surface area contributed by atoms with E-state index in [9.17, 15) is 5.11 Å². The van der Waals surface area contributed by atoms with E-state index >= 15 is 0 Å². The molecule has 3 heteroatoms. The third kappa shape index (κ3) is 2.92. The summed E-state index contributed by atoms with van der Waals surface area (Å²) in [6.45, 7) is 5.11. The van der Waals surface area contributed by atoms with Crippen LogP contribution in [0, 0.1) is 0 Å². The maximum Gasteiger partial charge on any atom is 0.120 e. The highest BCUT2D eigenvalue weighted by molar-refractivity contribution is 7.10. The van der Waals surface area contributed by atoms with E-state index in [2.05, 4.69) is 30.6 Å². The van der Waals surface area contributed by atoms with Gasteiger partial charge in [0.05, 0.1) is 0 Å². The molecule has 0 saturated carbocycles. The second-order valence-electron chi connectivity index (χ2n) is 4.38. The van der Waals surface area contributed by atoms with E-state index in [4.69, 9.17) is 0 Å². The number of thiophene rings is 1. The van der Waals surface area contributed by atoms with Crippen LogP contribution >= 0.6 is 11.3 Å². The Balaban J connectivity index is 2.01. The first kappa shape index (κ1) is 13.1. The fourth-order valence-electron chi connectivity index (χ4n) is 2.05. The molecule has 18 heavy (non-hydrogen) atoms. The Labute approximate surface area is 112 Å². The van der Waals surface area contributed by atoms with Crippen LogP contribution in [0.2, 0.25) is 0 Å². The normalized spacial score (nSPS) is 12.6. The van der Waals surface area contributed by atoms with Crippen LogP contribution in [0.4, 0.5) is 0 Å². The zero-order valence-electron chi connectivity index (χ0n) is 10.8. The fraction of sp³-hybridized carbons (Fsp3) is 0.333. The molecular formula is C15H19NOS. The summed E-state index contributed by atoms with van der Waals surface area (Å²) in [5.41, 5.74) is 2.36. The van der Waals surface area contributed by atoms with Crippen molar-refractivity contribution in [3.63, 3.8) is 0 Å². The number of phenolic OH excluding ortho intramolecular Hbond substituents is 1. The van der Waals surface area contributed by atoms with Gasteiger partial charge in [0, 0.05) is 23.0 Å². The molecule has 1 aromatic heterocycles. The van der Waals surface area contributed by atoms with Crippen LogP contribution in [0.5, 0.6) is 5.75 Å². The molecule has 2 rings (SSSR count). The van der Waals surface area contributed by atoms with Crippen molar-refractivity contribution in [1.82, 2.24) is 5.32 Å². The van der Waals surface area contributed by atoms with Gasteiger partial charge < -0.3 is 10.4 Å². The molecule has 0 spiro atoms. The van der Waals surface area contributed by atoms with Crippen molar-refractivity contribution < 1.29 is 5.11 Å². The SMILES string of the molecule is CCc1ccsc1CNC(C)c1ccccc1O. The van der Waals surface area contributed by atoms with Crippen molar-refractivity contribution in [3.8, 4) is 5.75 Å². The molecule has 0 saturated heterocycles. The Hall–Kier alpha value is -1.32. The Morgan fingerprint density at radius 1 is 1.28 bits per heavy atom. The first-order chi connectivity index (χ1) is 8.72. The Kier molecular flexibility index (Phi) is 4.39. The number of aryl methyl sites for hydroxylation is 1. The van der Waals surface area contributed by atoms with Crippen LogP contribution in [0.3, 0.4) is 0 Å². The zero-order chi connectivity index (χ0) is 13.0. The number of benzene rings is 1. The molecular weight excluding hydrogens is 242 g/mol. The summed E-state index contributed by atoms with van der Waals surface area (Å²) in [6.07, 6.45) is 1.07. The van der Waals surface area contributed by atoms with E-state index in [1.165, 1.54) is 10.4 Å². The Morgan fingerprint density at radius 3 is 2.78 bits per heavy atom. The van der Waals surface area contributed by atoms with Gasteiger partial charge in [-0.2, -0.15) is 0 Å². The van der Waals surface area contributed by atoms with Gasteiger partial charge in [-0.05, 0) is 36.4 Å². The predicted octanol–water partition coefficient (Wildman–Crippen LogP) is 3.87. The Bertz CT molecular complexity index is 507. The lowest BCUT2D eigenvalue weighted by Crippen LogP contribution is -2.18. The van der Waals surface area contributed by atoms with Crippen molar-refractivity contribution in [2.24, 2.45) is 0 Å². The molecule has 0 fully saturated rings. The number of nitrogens with one attached hydrogen (secondary N) is 1. The summed E-state index contributed by atoms with van der Waals surface area (Å²) < 4.78 is 0. The second kappa shape index (κ2) is 6.03. The van der Waals surface area contributed by atoms with E-state index < -0.39 is 0 Å². The molecule has 2 N–H and O–H groups in total. The van der Waals surface area contributed by atoms with Crippen LogP contribution in [0.15, 0.2) is 35.7 Å². The third-order valence-corrected chi connectivity index (χ3v) is 4.15. The van der Waals surface area contributed by atoms with Gasteiger partial charge in [-0.15, -0.1) is 11.3 Å². The van der Waals surface area contributed by atoms with E-state index in [1.807, 2.05) is 18.2 Å². The van der Waals surface area contributed by atoms with Crippen LogP contribution in [0.1, 0.15) is 35.9 Å². The molecule has 0 amide bonds. The van der Waals surface area contributed by atoms with Crippen molar-refractivity contribution in [3.05, 3.63) is 51.7 Å². The maximum atomic E-state index is 9.80. The molecule has 1 atom stereocenters. The van der Waals surface area contributed by atoms with Crippen molar-refractivity contribution >= 4 is 11.3 Å². The third-order valence-electron chi connectivity index (χ3n) is 3.19. The molecule has 96 valence electrons. The van der Waals surface area contributed by atoms with Crippen LogP contribution in [-0.2, 0) is 13.0 Å². The van der Waals surface area contributed by atoms with Gasteiger partial charge >= 0.3 is 0 Å². The molecule has 0 aliphatic heterocycles. The lowest BCUT2D eigenvalue weighted by atomic mass is 10.1. The van der Waals surface area contributed by atoms with Gasteiger partial charge in [0.1, 0.15) is 5.75 Å². The minimum atomic E-state index is 0.151. The predicted molar refractivity (Wildman–Crippen MR) is 77.1 cm³/mol. The van der Waals surface area contributed by atoms with Crippen molar-refractivity contribution in [2.45, 2.75) is 32.9 Å². The highest BCUT2D eigenvalue weighted by Gasteiger charge is 2.10. The van der Waals surface area contributed by atoms with Gasteiger partial charge in [0.25, 0.3) is 0 Å². The minimum Gasteiger partial charge on any atom is -0.508 e. The monoisotopic (exact) mass is 261 g/mol. The number of hydrogen-bond acceptors (Lipinski definition) is 3. The topological polar surface area (TPSA) is 32.3 Å². The molecule has 2 nitrogen and oxygen atoms in total. The van der Waals surface area contributed by atoms with Crippen molar-refractivity contribution in [2.75, 3.05) is 0 Å². The first-order valence-electron chi connectivity index (χ1n) is 6.29. The zero-order valence-corrected chi connectivity index (χ0v) is 11.6. The van der Waals surface area contributed by atoms with Gasteiger partial charge in [-0.25, -0.2) is 0 Å². The van der Waals surface area contributed by atoms with Gasteiger partial charge in [0.2, 0.25) is 0 Å². The van der Waals surface area contributed by atoms with Crippen LogP contribution < -0.4 is 5.32 Å². The molecule has 0 aliphatic rings. The summed E-state index contributed by atoms with van der Waals surface area (Å²) >= 11 is 1.79. The highest BCUT2D eigenvalue weighted by Crippen LogP contribution is 2.24. The number of aromatic hydroxyl groups is 1. The number of hydrogen-bond donors (Lipinski definition) is 2. The highest BCUT2D eigenvalue weighted by atomic mass is 32.1. The van der Waals surface area contributed by atoms with Gasteiger partial charge in [-0.3, -0.25) is 0 Å². The molecule has 0 aliphatic carbocycles. The molecule has 0 radical (unpaired) electrons. The first-order valence-corrected chi connectivity index (χ1v) is 7.16.